The van der Waals surface area contributed by atoms with Crippen LogP contribution in [0.15, 0.2) is 48.9 Å². The van der Waals surface area contributed by atoms with Crippen molar-refractivity contribution in [2.45, 2.75) is 31.5 Å². The van der Waals surface area contributed by atoms with Crippen LogP contribution in [0.25, 0.3) is 11.0 Å². The first kappa shape index (κ1) is 19.8. The van der Waals surface area contributed by atoms with E-state index in [2.05, 4.69) is 19.5 Å². The molecule has 29 heavy (non-hydrogen) atoms. The number of hydrogen-bond acceptors (Lipinski definition) is 7. The third-order valence-electron chi connectivity index (χ3n) is 5.28. The minimum atomic E-state index is -4.02. The van der Waals surface area contributed by atoms with Crippen molar-refractivity contribution in [3.8, 4) is 0 Å². The van der Waals surface area contributed by atoms with Crippen molar-refractivity contribution in [1.82, 2.24) is 14.5 Å². The third kappa shape index (κ3) is 4.56. The summed E-state index contributed by atoms with van der Waals surface area (Å²) >= 11 is 0. The predicted octanol–water partition coefficient (Wildman–Crippen LogP) is 1.58. The Hall–Kier alpha value is -2.53. The van der Waals surface area contributed by atoms with Crippen molar-refractivity contribution in [2.75, 3.05) is 11.9 Å². The zero-order valence-electron chi connectivity index (χ0n) is 15.7. The maximum Gasteiger partial charge on any atom is 0.333 e. The first-order valence-corrected chi connectivity index (χ1v) is 10.8. The van der Waals surface area contributed by atoms with Crippen LogP contribution >= 0.6 is 0 Å². The number of hydrogen-bond donors (Lipinski definition) is 3. The van der Waals surface area contributed by atoms with Crippen LogP contribution in [-0.4, -0.2) is 40.8 Å². The van der Waals surface area contributed by atoms with E-state index in [1.54, 1.807) is 0 Å². The smallest absolute Gasteiger partial charge is 0.333 e. The van der Waals surface area contributed by atoms with Crippen LogP contribution in [0.5, 0.6) is 0 Å². The van der Waals surface area contributed by atoms with Gasteiger partial charge in [0.05, 0.1) is 18.1 Å². The summed E-state index contributed by atoms with van der Waals surface area (Å²) in [6, 6.07) is 12.0. The standard InChI is InChI=1S/C19H23N5O4S/c20-29(26,27)28-11-14-8-15(9-17(14)25)24-7-6-16-18(22-12-23-19(16)24)21-10-13-4-2-1-3-5-13/h1-7,12,14-15,17,25H,8-11H2,(H2,20,26,27)(H,21,22,23)/t14-,15+,17-/m0/s1. The number of nitrogens with two attached hydrogens (primary N) is 1. The van der Waals surface area contributed by atoms with E-state index in [9.17, 15) is 13.5 Å². The molecule has 0 amide bonds. The van der Waals surface area contributed by atoms with Gasteiger partial charge >= 0.3 is 10.3 Å². The van der Waals surface area contributed by atoms with E-state index in [-0.39, 0.29) is 18.6 Å². The first-order valence-electron chi connectivity index (χ1n) is 9.35. The van der Waals surface area contributed by atoms with Gasteiger partial charge in [0.15, 0.2) is 0 Å². The number of rotatable bonds is 7. The molecule has 1 aliphatic rings. The van der Waals surface area contributed by atoms with Gasteiger partial charge in [-0.3, -0.25) is 4.18 Å². The maximum atomic E-state index is 11.0. The number of fused-ring (bicyclic) bond motifs is 1. The van der Waals surface area contributed by atoms with Crippen molar-refractivity contribution in [2.24, 2.45) is 11.1 Å². The maximum absolute atomic E-state index is 11.0. The van der Waals surface area contributed by atoms with Gasteiger partial charge in [-0.2, -0.15) is 8.42 Å². The number of aliphatic hydroxyl groups excluding tert-OH is 1. The molecule has 4 N–H and O–H groups in total. The highest BCUT2D eigenvalue weighted by Crippen LogP contribution is 2.37. The van der Waals surface area contributed by atoms with Crippen molar-refractivity contribution in [3.63, 3.8) is 0 Å². The molecule has 4 rings (SSSR count). The van der Waals surface area contributed by atoms with Gasteiger partial charge in [-0.1, -0.05) is 30.3 Å². The van der Waals surface area contributed by atoms with Crippen LogP contribution in [0.3, 0.4) is 0 Å². The molecule has 9 nitrogen and oxygen atoms in total. The fourth-order valence-electron chi connectivity index (χ4n) is 3.85. The summed E-state index contributed by atoms with van der Waals surface area (Å²) in [5.41, 5.74) is 1.91. The molecule has 1 aromatic carbocycles. The molecule has 10 heteroatoms. The lowest BCUT2D eigenvalue weighted by atomic mass is 10.1. The Kier molecular flexibility index (Phi) is 5.50. The molecule has 1 saturated carbocycles. The summed E-state index contributed by atoms with van der Waals surface area (Å²) in [6.07, 6.45) is 3.82. The van der Waals surface area contributed by atoms with Gasteiger partial charge in [0, 0.05) is 24.7 Å². The molecular weight excluding hydrogens is 394 g/mol. The van der Waals surface area contributed by atoms with Crippen LogP contribution in [0.2, 0.25) is 0 Å². The van der Waals surface area contributed by atoms with E-state index in [1.165, 1.54) is 6.33 Å². The summed E-state index contributed by atoms with van der Waals surface area (Å²) in [5.74, 6) is 0.429. The van der Waals surface area contributed by atoms with Crippen LogP contribution in [0, 0.1) is 5.92 Å². The van der Waals surface area contributed by atoms with Crippen LogP contribution in [0.1, 0.15) is 24.4 Å². The van der Waals surface area contributed by atoms with Gasteiger partial charge in [-0.15, -0.1) is 0 Å². The number of nitrogens with zero attached hydrogens (tertiary/aromatic N) is 3. The Morgan fingerprint density at radius 2 is 2.00 bits per heavy atom. The Bertz CT molecular complexity index is 1090. The summed E-state index contributed by atoms with van der Waals surface area (Å²) in [6.45, 7) is 0.516. The van der Waals surface area contributed by atoms with Crippen molar-refractivity contribution in [3.05, 3.63) is 54.5 Å². The number of anilines is 1. The van der Waals surface area contributed by atoms with E-state index in [1.807, 2.05) is 47.2 Å². The molecule has 0 aliphatic heterocycles. The quantitative estimate of drug-likeness (QED) is 0.531. The average molecular weight is 417 g/mol. The second-order valence-electron chi connectivity index (χ2n) is 7.25. The SMILES string of the molecule is NS(=O)(=O)OC[C@@H]1C[C@@H](n2ccc3c(NCc4ccccc4)ncnc32)C[C@@H]1O. The topological polar surface area (TPSA) is 132 Å². The van der Waals surface area contributed by atoms with Crippen molar-refractivity contribution < 1.29 is 17.7 Å². The second kappa shape index (κ2) is 8.07. The van der Waals surface area contributed by atoms with Crippen LogP contribution in [-0.2, 0) is 21.0 Å². The molecule has 0 bridgehead atoms. The number of aliphatic hydroxyl groups is 1. The number of aromatic nitrogens is 3. The highest BCUT2D eigenvalue weighted by atomic mass is 32.2. The monoisotopic (exact) mass is 417 g/mol. The minimum Gasteiger partial charge on any atom is -0.393 e. The summed E-state index contributed by atoms with van der Waals surface area (Å²) in [4.78, 5) is 8.78. The number of benzene rings is 1. The third-order valence-corrected chi connectivity index (χ3v) is 5.75. The highest BCUT2D eigenvalue weighted by Gasteiger charge is 2.35. The Balaban J connectivity index is 1.50. The van der Waals surface area contributed by atoms with Gasteiger partial charge in [-0.25, -0.2) is 15.1 Å². The first-order chi connectivity index (χ1) is 13.9. The Labute approximate surface area is 168 Å². The zero-order valence-corrected chi connectivity index (χ0v) is 16.5. The molecule has 0 radical (unpaired) electrons. The largest absolute Gasteiger partial charge is 0.393 e. The average Bonchev–Trinajstić information content (AvgIpc) is 3.28. The van der Waals surface area contributed by atoms with Crippen LogP contribution in [0.4, 0.5) is 5.82 Å². The van der Waals surface area contributed by atoms with Gasteiger partial charge in [0.25, 0.3) is 0 Å². The predicted molar refractivity (Wildman–Crippen MR) is 108 cm³/mol. The normalized spacial score (nSPS) is 22.2. The lowest BCUT2D eigenvalue weighted by molar-refractivity contribution is 0.100. The van der Waals surface area contributed by atoms with E-state index < -0.39 is 16.4 Å². The van der Waals surface area contributed by atoms with Crippen molar-refractivity contribution in [1.29, 1.82) is 0 Å². The molecule has 0 spiro atoms. The van der Waals surface area contributed by atoms with Crippen molar-refractivity contribution >= 4 is 27.2 Å². The van der Waals surface area contributed by atoms with E-state index in [4.69, 9.17) is 5.14 Å². The molecule has 1 aliphatic carbocycles. The zero-order chi connectivity index (χ0) is 20.4. The molecule has 0 unspecified atom stereocenters. The second-order valence-corrected chi connectivity index (χ2v) is 8.47. The number of nitrogens with one attached hydrogen (secondary N) is 1. The van der Waals surface area contributed by atoms with E-state index in [0.29, 0.717) is 19.4 Å². The molecular formula is C19H23N5O4S. The summed E-state index contributed by atoms with van der Waals surface area (Å²) in [5, 5.41) is 19.4. The van der Waals surface area contributed by atoms with Gasteiger partial charge < -0.3 is 15.0 Å². The highest BCUT2D eigenvalue weighted by molar-refractivity contribution is 7.84. The fourth-order valence-corrected chi connectivity index (χ4v) is 4.22. The molecule has 1 fully saturated rings. The minimum absolute atomic E-state index is 0.0200. The summed E-state index contributed by atoms with van der Waals surface area (Å²) < 4.78 is 28.7. The molecule has 3 atom stereocenters. The Morgan fingerprint density at radius 1 is 1.21 bits per heavy atom. The van der Waals surface area contributed by atoms with Gasteiger partial charge in [-0.05, 0) is 24.5 Å². The van der Waals surface area contributed by atoms with Gasteiger partial charge in [0.1, 0.15) is 17.8 Å². The van der Waals surface area contributed by atoms with Crippen LogP contribution < -0.4 is 10.5 Å². The molecule has 3 aromatic rings. The molecule has 2 aromatic heterocycles. The van der Waals surface area contributed by atoms with E-state index in [0.717, 1.165) is 22.4 Å². The fraction of sp³-hybridized carbons (Fsp3) is 0.368. The molecule has 0 saturated heterocycles. The van der Waals surface area contributed by atoms with Gasteiger partial charge in [0.2, 0.25) is 0 Å². The molecule has 2 heterocycles. The molecule has 154 valence electrons. The summed E-state index contributed by atoms with van der Waals surface area (Å²) in [7, 11) is -4.02. The lowest BCUT2D eigenvalue weighted by Gasteiger charge is -2.14. The lowest BCUT2D eigenvalue weighted by Crippen LogP contribution is -2.24. The van der Waals surface area contributed by atoms with E-state index >= 15 is 0 Å². The Morgan fingerprint density at radius 3 is 2.76 bits per heavy atom.